The Labute approximate surface area is 143 Å². The summed E-state index contributed by atoms with van der Waals surface area (Å²) in [5, 5.41) is 12.3. The van der Waals surface area contributed by atoms with Gasteiger partial charge in [0.25, 0.3) is 5.91 Å². The molecule has 0 fully saturated rings. The van der Waals surface area contributed by atoms with Crippen LogP contribution in [0.3, 0.4) is 0 Å². The van der Waals surface area contributed by atoms with Gasteiger partial charge in [-0.3, -0.25) is 10.1 Å². The van der Waals surface area contributed by atoms with Gasteiger partial charge in [0.2, 0.25) is 5.13 Å². The van der Waals surface area contributed by atoms with Gasteiger partial charge >= 0.3 is 0 Å². The highest BCUT2D eigenvalue weighted by atomic mass is 32.2. The van der Waals surface area contributed by atoms with Crippen LogP contribution in [0.25, 0.3) is 10.6 Å². The predicted octanol–water partition coefficient (Wildman–Crippen LogP) is 4.32. The Morgan fingerprint density at radius 2 is 1.96 bits per heavy atom. The summed E-state index contributed by atoms with van der Waals surface area (Å²) in [6.45, 7) is 0. The number of nitrogens with zero attached hydrogens (tertiary/aromatic N) is 2. The molecule has 0 aliphatic carbocycles. The first-order chi connectivity index (χ1) is 11.3. The zero-order valence-corrected chi connectivity index (χ0v) is 14.2. The van der Waals surface area contributed by atoms with Gasteiger partial charge < -0.3 is 0 Å². The molecule has 0 aliphatic rings. The normalized spacial score (nSPS) is 10.5. The van der Waals surface area contributed by atoms with E-state index in [2.05, 4.69) is 15.5 Å². The highest BCUT2D eigenvalue weighted by molar-refractivity contribution is 7.97. The zero-order chi connectivity index (χ0) is 16.1. The Balaban J connectivity index is 1.73. The summed E-state index contributed by atoms with van der Waals surface area (Å²) in [4.78, 5) is 12.3. The molecule has 1 heterocycles. The van der Waals surface area contributed by atoms with Gasteiger partial charge in [0.05, 0.1) is 0 Å². The molecule has 0 bridgehead atoms. The minimum atomic E-state index is -0.163. The molecule has 0 radical (unpaired) electrons. The Hall–Kier alpha value is -2.18. The number of nitrogens with one attached hydrogen (secondary N) is 1. The monoisotopic (exact) mass is 341 g/mol. The van der Waals surface area contributed by atoms with Crippen molar-refractivity contribution in [1.82, 2.24) is 10.2 Å². The highest BCUT2D eigenvalue weighted by Gasteiger charge is 2.11. The third-order valence-corrected chi connectivity index (χ3v) is 4.68. The molecule has 3 rings (SSSR count). The van der Waals surface area contributed by atoms with Crippen molar-refractivity contribution in [2.45, 2.75) is 5.75 Å². The number of thioether (sulfide) groups is 1. The first-order valence-electron chi connectivity index (χ1n) is 7.04. The van der Waals surface area contributed by atoms with Crippen LogP contribution in [0.2, 0.25) is 0 Å². The number of rotatable bonds is 5. The first-order valence-corrected chi connectivity index (χ1v) is 9.25. The average Bonchev–Trinajstić information content (AvgIpc) is 3.05. The quantitative estimate of drug-likeness (QED) is 0.751. The number of hydrogen-bond acceptors (Lipinski definition) is 5. The first kappa shape index (κ1) is 15.7. The van der Waals surface area contributed by atoms with Crippen molar-refractivity contribution in [2.24, 2.45) is 0 Å². The zero-order valence-electron chi connectivity index (χ0n) is 12.5. The Kier molecular flexibility index (Phi) is 5.05. The van der Waals surface area contributed by atoms with Crippen molar-refractivity contribution >= 4 is 34.1 Å². The van der Waals surface area contributed by atoms with E-state index in [1.807, 2.05) is 54.8 Å². The molecule has 4 nitrogen and oxygen atoms in total. The maximum Gasteiger partial charge on any atom is 0.257 e. The molecule has 0 saturated heterocycles. The highest BCUT2D eigenvalue weighted by Crippen LogP contribution is 2.26. The fourth-order valence-corrected chi connectivity index (χ4v) is 3.37. The van der Waals surface area contributed by atoms with E-state index < -0.39 is 0 Å². The lowest BCUT2D eigenvalue weighted by molar-refractivity contribution is 0.102. The van der Waals surface area contributed by atoms with E-state index in [0.717, 1.165) is 21.9 Å². The van der Waals surface area contributed by atoms with Crippen molar-refractivity contribution in [3.8, 4) is 10.6 Å². The lowest BCUT2D eigenvalue weighted by Gasteiger charge is -2.03. The maximum atomic E-state index is 12.3. The number of benzene rings is 2. The summed E-state index contributed by atoms with van der Waals surface area (Å²) in [6.07, 6.45) is 2.04. The molecule has 6 heteroatoms. The van der Waals surface area contributed by atoms with E-state index in [1.54, 1.807) is 17.8 Å². The summed E-state index contributed by atoms with van der Waals surface area (Å²) < 4.78 is 0. The molecule has 0 spiro atoms. The molecule has 116 valence electrons. The molecular formula is C17H15N3OS2. The second kappa shape index (κ2) is 7.39. The van der Waals surface area contributed by atoms with Crippen LogP contribution >= 0.6 is 23.1 Å². The number of carbonyl (C=O) groups is 1. The minimum Gasteiger partial charge on any atom is -0.296 e. The molecule has 2 aromatic carbocycles. The third kappa shape index (κ3) is 3.97. The molecule has 0 atom stereocenters. The lowest BCUT2D eigenvalue weighted by Crippen LogP contribution is -2.11. The Bertz CT molecular complexity index is 802. The topological polar surface area (TPSA) is 54.9 Å². The van der Waals surface area contributed by atoms with Gasteiger partial charge in [0.1, 0.15) is 5.01 Å². The Morgan fingerprint density at radius 3 is 2.74 bits per heavy atom. The van der Waals surface area contributed by atoms with Crippen LogP contribution in [-0.4, -0.2) is 22.4 Å². The summed E-state index contributed by atoms with van der Waals surface area (Å²) in [5.74, 6) is 0.724. The number of amides is 1. The average molecular weight is 341 g/mol. The van der Waals surface area contributed by atoms with Crippen molar-refractivity contribution in [1.29, 1.82) is 0 Å². The van der Waals surface area contributed by atoms with Crippen molar-refractivity contribution in [3.63, 3.8) is 0 Å². The second-order valence-corrected chi connectivity index (χ2v) is 6.71. The molecule has 3 aromatic rings. The van der Waals surface area contributed by atoms with Crippen LogP contribution < -0.4 is 5.32 Å². The van der Waals surface area contributed by atoms with Crippen LogP contribution in [0.1, 0.15) is 15.9 Å². The van der Waals surface area contributed by atoms with E-state index in [0.29, 0.717) is 10.7 Å². The predicted molar refractivity (Wildman–Crippen MR) is 97.0 cm³/mol. The van der Waals surface area contributed by atoms with E-state index in [1.165, 1.54) is 11.3 Å². The van der Waals surface area contributed by atoms with Gasteiger partial charge in [-0.2, -0.15) is 11.8 Å². The molecule has 1 amide bonds. The molecule has 1 aromatic heterocycles. The van der Waals surface area contributed by atoms with Crippen LogP contribution in [0.4, 0.5) is 5.13 Å². The molecule has 0 aliphatic heterocycles. The number of aromatic nitrogens is 2. The number of carbonyl (C=O) groups excluding carboxylic acids is 1. The third-order valence-electron chi connectivity index (χ3n) is 3.17. The van der Waals surface area contributed by atoms with Gasteiger partial charge in [0, 0.05) is 16.9 Å². The molecule has 1 N–H and O–H groups in total. The second-order valence-electron chi connectivity index (χ2n) is 4.87. The molecule has 0 unspecified atom stereocenters. The fraction of sp³-hybridized carbons (Fsp3) is 0.118. The van der Waals surface area contributed by atoms with Crippen molar-refractivity contribution in [3.05, 3.63) is 65.7 Å². The maximum absolute atomic E-state index is 12.3. The van der Waals surface area contributed by atoms with Crippen molar-refractivity contribution in [2.75, 3.05) is 11.6 Å². The van der Waals surface area contributed by atoms with E-state index in [9.17, 15) is 4.79 Å². The van der Waals surface area contributed by atoms with Crippen LogP contribution in [0.15, 0.2) is 54.6 Å². The Morgan fingerprint density at radius 1 is 1.13 bits per heavy atom. The van der Waals surface area contributed by atoms with Crippen LogP contribution in [0.5, 0.6) is 0 Å². The van der Waals surface area contributed by atoms with Gasteiger partial charge in [-0.25, -0.2) is 0 Å². The standard InChI is InChI=1S/C17H15N3OS2/c1-22-11-12-6-5-9-14(10-12)15(21)18-17-20-19-16(23-17)13-7-3-2-4-8-13/h2-10H,11H2,1H3,(H,18,20,21). The van der Waals surface area contributed by atoms with Crippen molar-refractivity contribution < 1.29 is 4.79 Å². The molecular weight excluding hydrogens is 326 g/mol. The summed E-state index contributed by atoms with van der Waals surface area (Å²) in [7, 11) is 0. The van der Waals surface area contributed by atoms with Crippen LogP contribution in [-0.2, 0) is 5.75 Å². The SMILES string of the molecule is CSCc1cccc(C(=O)Nc2nnc(-c3ccccc3)s2)c1. The molecule has 0 saturated carbocycles. The summed E-state index contributed by atoms with van der Waals surface area (Å²) in [6, 6.07) is 17.4. The van der Waals surface area contributed by atoms with Gasteiger partial charge in [0.15, 0.2) is 0 Å². The van der Waals surface area contributed by atoms with Crippen LogP contribution in [0, 0.1) is 0 Å². The number of anilines is 1. The number of hydrogen-bond donors (Lipinski definition) is 1. The fourth-order valence-electron chi connectivity index (χ4n) is 2.11. The smallest absolute Gasteiger partial charge is 0.257 e. The van der Waals surface area contributed by atoms with E-state index >= 15 is 0 Å². The summed E-state index contributed by atoms with van der Waals surface area (Å²) in [5.41, 5.74) is 2.76. The van der Waals surface area contributed by atoms with Gasteiger partial charge in [-0.15, -0.1) is 10.2 Å². The minimum absolute atomic E-state index is 0.163. The van der Waals surface area contributed by atoms with E-state index in [4.69, 9.17) is 0 Å². The molecule has 23 heavy (non-hydrogen) atoms. The van der Waals surface area contributed by atoms with E-state index in [-0.39, 0.29) is 5.91 Å². The van der Waals surface area contributed by atoms with Gasteiger partial charge in [-0.05, 0) is 24.0 Å². The summed E-state index contributed by atoms with van der Waals surface area (Å²) >= 11 is 3.09. The van der Waals surface area contributed by atoms with Gasteiger partial charge in [-0.1, -0.05) is 53.8 Å². The largest absolute Gasteiger partial charge is 0.296 e. The lowest BCUT2D eigenvalue weighted by atomic mass is 10.1.